The maximum Gasteiger partial charge on any atom is 0.320 e. The van der Waals surface area contributed by atoms with Gasteiger partial charge < -0.3 is 27.0 Å². The molecule has 0 aliphatic carbocycles. The van der Waals surface area contributed by atoms with E-state index in [1.54, 1.807) is 0 Å². The van der Waals surface area contributed by atoms with Gasteiger partial charge in [-0.3, -0.25) is 9.74 Å². The molecule has 0 radical (unpaired) electrons. The van der Waals surface area contributed by atoms with E-state index in [9.17, 15) is 4.79 Å². The van der Waals surface area contributed by atoms with Crippen LogP contribution in [0.5, 0.6) is 0 Å². The summed E-state index contributed by atoms with van der Waals surface area (Å²) in [6.07, 6.45) is 0. The molecule has 1 fully saturated rings. The van der Waals surface area contributed by atoms with E-state index < -0.39 is 0 Å². The van der Waals surface area contributed by atoms with E-state index in [0.29, 0.717) is 52.5 Å². The minimum atomic E-state index is 0.0750. The molecule has 1 aliphatic rings. The van der Waals surface area contributed by atoms with Crippen LogP contribution in [0.3, 0.4) is 0 Å². The first-order valence-corrected chi connectivity index (χ1v) is 8.58. The molecule has 0 bridgehead atoms. The first kappa shape index (κ1) is 20.6. The van der Waals surface area contributed by atoms with Crippen molar-refractivity contribution in [3.63, 3.8) is 0 Å². The molecule has 0 aromatic carbocycles. The summed E-state index contributed by atoms with van der Waals surface area (Å²) < 4.78 is 0. The Bertz CT molecular complexity index is 393. The van der Waals surface area contributed by atoms with Gasteiger partial charge in [0.05, 0.1) is 0 Å². The number of hydrogen-bond donors (Lipinski definition) is 3. The zero-order valence-corrected chi connectivity index (χ0v) is 14.6. The fraction of sp³-hybridized carbons (Fsp3) is 0.867. The molecule has 9 heteroatoms. The molecule has 0 unspecified atom stereocenters. The van der Waals surface area contributed by atoms with Gasteiger partial charge in [-0.05, 0) is 0 Å². The number of rotatable bonds is 13. The number of hydrogen-bond acceptors (Lipinski definition) is 6. The molecule has 0 saturated carbocycles. The van der Waals surface area contributed by atoms with E-state index in [2.05, 4.69) is 9.74 Å². The van der Waals surface area contributed by atoms with Crippen LogP contribution in [-0.4, -0.2) is 111 Å². The maximum atomic E-state index is 12.4. The lowest BCUT2D eigenvalue weighted by atomic mass is 10.4. The number of amides is 2. The Morgan fingerprint density at radius 2 is 1.33 bits per heavy atom. The van der Waals surface area contributed by atoms with Gasteiger partial charge >= 0.3 is 6.03 Å². The molecule has 0 aromatic rings. The summed E-state index contributed by atoms with van der Waals surface area (Å²) in [6, 6.07) is 0.0750. The van der Waals surface area contributed by atoms with Crippen LogP contribution in [0.25, 0.3) is 4.85 Å². The molecule has 1 heterocycles. The summed E-state index contributed by atoms with van der Waals surface area (Å²) >= 11 is 0. The Balaban J connectivity index is 2.37. The predicted octanol–water partition coefficient (Wildman–Crippen LogP) is -1.92. The normalized spacial score (nSPS) is 14.9. The van der Waals surface area contributed by atoms with Crippen LogP contribution in [0.15, 0.2) is 0 Å². The van der Waals surface area contributed by atoms with Crippen molar-refractivity contribution in [3.8, 4) is 0 Å². The zero-order chi connectivity index (χ0) is 17.8. The Kier molecular flexibility index (Phi) is 10.3. The highest BCUT2D eigenvalue weighted by molar-refractivity contribution is 5.76. The lowest BCUT2D eigenvalue weighted by Crippen LogP contribution is -2.42. The SMILES string of the molecule is [C-]#[N+]CN(CCN)CCN1CCN(CCN(CCN)CCN)C1=O. The van der Waals surface area contributed by atoms with Crippen molar-refractivity contribution in [2.75, 3.05) is 85.2 Å². The third-order valence-corrected chi connectivity index (χ3v) is 4.16. The largest absolute Gasteiger partial charge is 0.329 e. The van der Waals surface area contributed by atoms with Gasteiger partial charge in [0.25, 0.3) is 6.67 Å². The predicted molar refractivity (Wildman–Crippen MR) is 95.2 cm³/mol. The monoisotopic (exact) mass is 340 g/mol. The minimum Gasteiger partial charge on any atom is -0.329 e. The molecule has 138 valence electrons. The van der Waals surface area contributed by atoms with Crippen LogP contribution in [-0.2, 0) is 0 Å². The zero-order valence-electron chi connectivity index (χ0n) is 14.6. The van der Waals surface area contributed by atoms with Crippen molar-refractivity contribution in [1.29, 1.82) is 0 Å². The third kappa shape index (κ3) is 6.98. The van der Waals surface area contributed by atoms with Crippen molar-refractivity contribution < 1.29 is 4.79 Å². The van der Waals surface area contributed by atoms with E-state index in [1.165, 1.54) is 0 Å². The van der Waals surface area contributed by atoms with Crippen molar-refractivity contribution in [3.05, 3.63) is 11.4 Å². The molecule has 6 N–H and O–H groups in total. The second-order valence-electron chi connectivity index (χ2n) is 5.88. The summed E-state index contributed by atoms with van der Waals surface area (Å²) in [7, 11) is 0. The summed E-state index contributed by atoms with van der Waals surface area (Å²) in [4.78, 5) is 23.7. The number of urea groups is 1. The highest BCUT2D eigenvalue weighted by Crippen LogP contribution is 2.08. The number of carbonyl (C=O) groups excluding carboxylic acids is 1. The van der Waals surface area contributed by atoms with Crippen molar-refractivity contribution in [1.82, 2.24) is 19.6 Å². The van der Waals surface area contributed by atoms with Gasteiger partial charge in [0, 0.05) is 78.5 Å². The van der Waals surface area contributed by atoms with Crippen LogP contribution in [0.4, 0.5) is 4.79 Å². The first-order chi connectivity index (χ1) is 11.7. The van der Waals surface area contributed by atoms with Crippen LogP contribution < -0.4 is 17.2 Å². The molecule has 1 rings (SSSR count). The van der Waals surface area contributed by atoms with Gasteiger partial charge in [-0.2, -0.15) is 0 Å². The fourth-order valence-electron chi connectivity index (χ4n) is 2.81. The summed E-state index contributed by atoms with van der Waals surface area (Å²) in [5, 5.41) is 0. The van der Waals surface area contributed by atoms with E-state index in [1.807, 2.05) is 14.7 Å². The molecule has 0 spiro atoms. The average molecular weight is 340 g/mol. The van der Waals surface area contributed by atoms with Crippen LogP contribution in [0.2, 0.25) is 0 Å². The topological polar surface area (TPSA) is 112 Å². The molecule has 0 atom stereocenters. The molecule has 9 nitrogen and oxygen atoms in total. The van der Waals surface area contributed by atoms with Gasteiger partial charge in [0.2, 0.25) is 0 Å². The Morgan fingerprint density at radius 1 is 0.875 bits per heavy atom. The number of nitrogens with zero attached hydrogens (tertiary/aromatic N) is 5. The van der Waals surface area contributed by atoms with Gasteiger partial charge in [-0.15, -0.1) is 0 Å². The summed E-state index contributed by atoms with van der Waals surface area (Å²) in [5.41, 5.74) is 16.8. The lowest BCUT2D eigenvalue weighted by Gasteiger charge is -2.25. The van der Waals surface area contributed by atoms with E-state index in [0.717, 1.165) is 32.7 Å². The molecule has 1 saturated heterocycles. The smallest absolute Gasteiger partial charge is 0.320 e. The molecule has 24 heavy (non-hydrogen) atoms. The highest BCUT2D eigenvalue weighted by atomic mass is 16.2. The maximum absolute atomic E-state index is 12.4. The standard InChI is InChI=1S/C15H32N8O/c1-19-14-21(7-4-18)9-11-23-13-12-22(15(23)24)10-8-20(5-2-16)6-3-17/h2-14,16-18H2. The van der Waals surface area contributed by atoms with E-state index >= 15 is 0 Å². The number of carbonyl (C=O) groups is 1. The Morgan fingerprint density at radius 3 is 1.79 bits per heavy atom. The average Bonchev–Trinajstić information content (AvgIpc) is 2.91. The van der Waals surface area contributed by atoms with Crippen LogP contribution >= 0.6 is 0 Å². The first-order valence-electron chi connectivity index (χ1n) is 8.58. The third-order valence-electron chi connectivity index (χ3n) is 4.16. The van der Waals surface area contributed by atoms with Crippen molar-refractivity contribution >= 4 is 6.03 Å². The molecular formula is C15H32N8O. The molecule has 2 amide bonds. The molecular weight excluding hydrogens is 308 g/mol. The van der Waals surface area contributed by atoms with Gasteiger partial charge in [-0.25, -0.2) is 16.3 Å². The minimum absolute atomic E-state index is 0.0750. The Labute approximate surface area is 145 Å². The fourth-order valence-corrected chi connectivity index (χ4v) is 2.81. The summed E-state index contributed by atoms with van der Waals surface area (Å²) in [5.74, 6) is 0. The van der Waals surface area contributed by atoms with Crippen LogP contribution in [0.1, 0.15) is 0 Å². The van der Waals surface area contributed by atoms with Crippen molar-refractivity contribution in [2.24, 2.45) is 17.2 Å². The lowest BCUT2D eigenvalue weighted by molar-refractivity contribution is 0.178. The van der Waals surface area contributed by atoms with Crippen LogP contribution in [0, 0.1) is 6.57 Å². The molecule has 0 aromatic heterocycles. The molecule has 1 aliphatic heterocycles. The van der Waals surface area contributed by atoms with Gasteiger partial charge in [0.15, 0.2) is 0 Å². The van der Waals surface area contributed by atoms with Gasteiger partial charge in [-0.1, -0.05) is 0 Å². The summed E-state index contributed by atoms with van der Waals surface area (Å²) in [6.45, 7) is 15.6. The van der Waals surface area contributed by atoms with E-state index in [4.69, 9.17) is 23.8 Å². The second-order valence-corrected chi connectivity index (χ2v) is 5.88. The second kappa shape index (κ2) is 12.0. The number of nitrogens with two attached hydrogens (primary N) is 3. The van der Waals surface area contributed by atoms with Gasteiger partial charge in [0.1, 0.15) is 0 Å². The quantitative estimate of drug-likeness (QED) is 0.337. The van der Waals surface area contributed by atoms with E-state index in [-0.39, 0.29) is 6.03 Å². The highest BCUT2D eigenvalue weighted by Gasteiger charge is 2.28. The Hall–Kier alpha value is -1.44. The van der Waals surface area contributed by atoms with Crippen molar-refractivity contribution in [2.45, 2.75) is 0 Å².